The molecule has 1 unspecified atom stereocenters. The Kier molecular flexibility index (Phi) is 4.15. The lowest BCUT2D eigenvalue weighted by Gasteiger charge is -2.31. The maximum Gasteiger partial charge on any atom is 0.262 e. The first-order valence-corrected chi connectivity index (χ1v) is 8.14. The number of β-amino-alcohol motifs (C(OH)–C–C–N with tert-alkyl or cyclic N) is 1. The molecule has 1 aromatic rings. The highest BCUT2D eigenvalue weighted by molar-refractivity contribution is 7.76. The maximum absolute atomic E-state index is 12.5. The molecule has 1 aromatic carbocycles. The molecule has 7 nitrogen and oxygen atoms in total. The third-order valence-corrected chi connectivity index (χ3v) is 4.98. The summed E-state index contributed by atoms with van der Waals surface area (Å²) in [6, 6.07) is 5.07. The van der Waals surface area contributed by atoms with Crippen LogP contribution in [0.15, 0.2) is 36.4 Å². The molecule has 0 saturated carbocycles. The van der Waals surface area contributed by atoms with Crippen molar-refractivity contribution in [1.29, 1.82) is 0 Å². The molecule has 2 amide bonds. The molecule has 0 bridgehead atoms. The Morgan fingerprint density at radius 1 is 1.17 bits per heavy atom. The number of aliphatic hydroxyl groups is 1. The molecule has 0 saturated heterocycles. The Labute approximate surface area is 135 Å². The van der Waals surface area contributed by atoms with Crippen molar-refractivity contribution in [3.8, 4) is 0 Å². The van der Waals surface area contributed by atoms with E-state index in [1.165, 1.54) is 6.08 Å². The van der Waals surface area contributed by atoms with Gasteiger partial charge in [-0.3, -0.25) is 18.7 Å². The van der Waals surface area contributed by atoms with Crippen molar-refractivity contribution in [2.75, 3.05) is 6.54 Å². The Morgan fingerprint density at radius 2 is 1.74 bits per heavy atom. The highest BCUT2D eigenvalue weighted by Crippen LogP contribution is 2.27. The van der Waals surface area contributed by atoms with Crippen LogP contribution in [0.4, 0.5) is 0 Å². The summed E-state index contributed by atoms with van der Waals surface area (Å²) in [6.45, 7) is 1.46. The molecule has 2 aliphatic rings. The van der Waals surface area contributed by atoms with E-state index < -0.39 is 41.3 Å². The smallest absolute Gasteiger partial charge is 0.262 e. The summed E-state index contributed by atoms with van der Waals surface area (Å²) >= 11 is -2.50. The lowest BCUT2D eigenvalue weighted by Crippen LogP contribution is -2.49. The van der Waals surface area contributed by atoms with E-state index in [0.29, 0.717) is 11.1 Å². The second-order valence-electron chi connectivity index (χ2n) is 5.53. The fourth-order valence-electron chi connectivity index (χ4n) is 2.89. The van der Waals surface area contributed by atoms with E-state index in [-0.39, 0.29) is 6.54 Å². The average molecular weight is 335 g/mol. The molecule has 23 heavy (non-hydrogen) atoms. The Bertz CT molecular complexity index is 685. The Hall–Kier alpha value is -1.87. The second kappa shape index (κ2) is 5.97. The van der Waals surface area contributed by atoms with Gasteiger partial charge in [0.1, 0.15) is 0 Å². The van der Waals surface area contributed by atoms with Crippen LogP contribution in [0.1, 0.15) is 27.6 Å². The minimum absolute atomic E-state index is 0.192. The largest absolute Gasteiger partial charge is 0.760 e. The van der Waals surface area contributed by atoms with E-state index >= 15 is 0 Å². The predicted molar refractivity (Wildman–Crippen MR) is 81.0 cm³/mol. The van der Waals surface area contributed by atoms with Gasteiger partial charge in [0.2, 0.25) is 0 Å². The first kappa shape index (κ1) is 16.0. The van der Waals surface area contributed by atoms with E-state index in [0.717, 1.165) is 9.21 Å². The molecule has 1 N–H and O–H groups in total. The van der Waals surface area contributed by atoms with E-state index in [9.17, 15) is 23.5 Å². The van der Waals surface area contributed by atoms with Gasteiger partial charge < -0.3 is 9.66 Å². The summed E-state index contributed by atoms with van der Waals surface area (Å²) in [4.78, 5) is 26.0. The number of fused-ring (bicyclic) bond motifs is 1. The van der Waals surface area contributed by atoms with Crippen LogP contribution in [0.25, 0.3) is 0 Å². The molecule has 8 heteroatoms. The molecular weight excluding hydrogens is 320 g/mol. The summed E-state index contributed by atoms with van der Waals surface area (Å²) in [7, 11) is 0. The highest BCUT2D eigenvalue weighted by Gasteiger charge is 2.42. The molecule has 0 spiro atoms. The van der Waals surface area contributed by atoms with Crippen LogP contribution in [0.2, 0.25) is 0 Å². The topological polar surface area (TPSA) is 101 Å². The van der Waals surface area contributed by atoms with Crippen LogP contribution in [-0.4, -0.2) is 59.6 Å². The number of carbonyl (C=O) groups is 2. The Morgan fingerprint density at radius 3 is 2.26 bits per heavy atom. The first-order valence-electron chi connectivity index (χ1n) is 7.11. The van der Waals surface area contributed by atoms with Gasteiger partial charge in [0.15, 0.2) is 0 Å². The molecule has 0 aliphatic carbocycles. The molecule has 2 aliphatic heterocycles. The van der Waals surface area contributed by atoms with Gasteiger partial charge in [-0.15, -0.1) is 0 Å². The van der Waals surface area contributed by atoms with Gasteiger partial charge in [0, 0.05) is 23.9 Å². The van der Waals surface area contributed by atoms with Crippen molar-refractivity contribution in [2.24, 2.45) is 0 Å². The van der Waals surface area contributed by atoms with Crippen molar-refractivity contribution in [2.45, 2.75) is 25.1 Å². The number of imide groups is 1. The van der Waals surface area contributed by atoms with Crippen molar-refractivity contribution in [3.05, 3.63) is 47.5 Å². The van der Waals surface area contributed by atoms with E-state index in [1.807, 2.05) is 0 Å². The fourth-order valence-corrected chi connectivity index (χ4v) is 3.51. The second-order valence-corrected chi connectivity index (χ2v) is 6.43. The lowest BCUT2D eigenvalue weighted by molar-refractivity contribution is 0.0401. The number of hydrogen-bond donors (Lipinski definition) is 1. The number of nitrogens with zero attached hydrogens (tertiary/aromatic N) is 2. The monoisotopic (exact) mass is 335 g/mol. The zero-order valence-corrected chi connectivity index (χ0v) is 13.1. The van der Waals surface area contributed by atoms with Crippen LogP contribution < -0.4 is 0 Å². The fraction of sp³-hybridized carbons (Fsp3) is 0.333. The number of hydrogen-bond acceptors (Lipinski definition) is 5. The molecule has 0 radical (unpaired) electrons. The molecule has 0 aromatic heterocycles. The summed E-state index contributed by atoms with van der Waals surface area (Å²) in [5, 5.41) is 10.3. The van der Waals surface area contributed by atoms with Crippen molar-refractivity contribution in [3.63, 3.8) is 0 Å². The molecule has 3 rings (SSSR count). The zero-order chi connectivity index (χ0) is 16.7. The minimum atomic E-state index is -2.50. The molecule has 4 atom stereocenters. The number of benzene rings is 1. The van der Waals surface area contributed by atoms with E-state index in [2.05, 4.69) is 0 Å². The third kappa shape index (κ3) is 2.63. The third-order valence-electron chi connectivity index (χ3n) is 4.12. The maximum atomic E-state index is 12.5. The number of amides is 2. The van der Waals surface area contributed by atoms with Gasteiger partial charge in [0.25, 0.3) is 11.8 Å². The van der Waals surface area contributed by atoms with Gasteiger partial charge in [-0.25, -0.2) is 4.31 Å². The average Bonchev–Trinajstić information content (AvgIpc) is 2.67. The van der Waals surface area contributed by atoms with Gasteiger partial charge >= 0.3 is 0 Å². The van der Waals surface area contributed by atoms with Crippen LogP contribution >= 0.6 is 0 Å². The molecule has 2 heterocycles. The standard InChI is InChI=1S/C15H16N2O5S/c1-9-6-7-12(13(18)8-16(9)23(21)22)17-14(19)10-4-2-3-5-11(10)15(17)20/h2-7,9,12-13,18H,8H2,1H3,(H,21,22)/p-1/t9-,12+,13+/m1/s1. The van der Waals surface area contributed by atoms with Crippen LogP contribution in [0.3, 0.4) is 0 Å². The van der Waals surface area contributed by atoms with Crippen molar-refractivity contribution >= 4 is 23.1 Å². The normalized spacial score (nSPS) is 29.5. The summed E-state index contributed by atoms with van der Waals surface area (Å²) in [6.07, 6.45) is 1.89. The quantitative estimate of drug-likeness (QED) is 0.468. The predicted octanol–water partition coefficient (Wildman–Crippen LogP) is 0.0665. The number of aliphatic hydroxyl groups excluding tert-OH is 1. The Balaban J connectivity index is 1.94. The van der Waals surface area contributed by atoms with Crippen molar-refractivity contribution < 1.29 is 23.5 Å². The lowest BCUT2D eigenvalue weighted by atomic mass is 10.1. The first-order chi connectivity index (χ1) is 10.9. The minimum Gasteiger partial charge on any atom is -0.760 e. The number of carbonyl (C=O) groups excluding carboxylic acids is 2. The van der Waals surface area contributed by atoms with Crippen LogP contribution in [0.5, 0.6) is 0 Å². The molecule has 0 fully saturated rings. The van der Waals surface area contributed by atoms with E-state index in [4.69, 9.17) is 0 Å². The molecular formula is C15H15N2O5S-. The van der Waals surface area contributed by atoms with Gasteiger partial charge in [0.05, 0.1) is 23.3 Å². The summed E-state index contributed by atoms with van der Waals surface area (Å²) in [5.41, 5.74) is 0.583. The van der Waals surface area contributed by atoms with Crippen LogP contribution in [0, 0.1) is 0 Å². The summed E-state index contributed by atoms with van der Waals surface area (Å²) < 4.78 is 23.5. The van der Waals surface area contributed by atoms with Gasteiger partial charge in [-0.2, -0.15) is 0 Å². The van der Waals surface area contributed by atoms with Crippen LogP contribution in [-0.2, 0) is 11.3 Å². The van der Waals surface area contributed by atoms with Crippen molar-refractivity contribution in [1.82, 2.24) is 9.21 Å². The zero-order valence-electron chi connectivity index (χ0n) is 12.3. The van der Waals surface area contributed by atoms with E-state index in [1.54, 1.807) is 37.3 Å². The summed E-state index contributed by atoms with van der Waals surface area (Å²) in [5.74, 6) is -0.965. The van der Waals surface area contributed by atoms with Gasteiger partial charge in [-0.05, 0) is 19.1 Å². The van der Waals surface area contributed by atoms with Gasteiger partial charge in [-0.1, -0.05) is 24.3 Å². The highest BCUT2D eigenvalue weighted by atomic mass is 32.2. The SMILES string of the molecule is C[C@@H]1C=C[C@H](N2C(=O)c3ccccc3C2=O)[C@@H](O)CN1S(=O)[O-]. The number of rotatable bonds is 2. The molecule has 122 valence electrons.